The molecule has 0 aromatic heterocycles. The molecule has 0 radical (unpaired) electrons. The minimum absolute atomic E-state index is 0.232. The zero-order valence-electron chi connectivity index (χ0n) is 8.58. The van der Waals surface area contributed by atoms with Gasteiger partial charge >= 0.3 is 0 Å². The number of rotatable bonds is 8. The van der Waals surface area contributed by atoms with Crippen LogP contribution in [0.15, 0.2) is 12.2 Å². The summed E-state index contributed by atoms with van der Waals surface area (Å²) in [7, 11) is 0. The highest BCUT2D eigenvalue weighted by Gasteiger charge is 1.96. The predicted molar refractivity (Wildman–Crippen MR) is 55.6 cm³/mol. The highest BCUT2D eigenvalue weighted by molar-refractivity contribution is 4.88. The summed E-state index contributed by atoms with van der Waals surface area (Å²) in [6.45, 7) is 2.39. The van der Waals surface area contributed by atoms with Crippen LogP contribution in [0.1, 0.15) is 45.4 Å². The Balaban J connectivity index is 3.27. The van der Waals surface area contributed by atoms with Crippen LogP contribution in [0.3, 0.4) is 0 Å². The number of hydrogen-bond acceptors (Lipinski definition) is 2. The Morgan fingerprint density at radius 1 is 1.23 bits per heavy atom. The number of allylic oxidation sites excluding steroid dienone is 1. The molecule has 1 unspecified atom stereocenters. The average molecular weight is 186 g/mol. The molecule has 0 rings (SSSR count). The van der Waals surface area contributed by atoms with Crippen LogP contribution in [0.2, 0.25) is 0 Å². The van der Waals surface area contributed by atoms with E-state index in [9.17, 15) is 5.11 Å². The molecule has 78 valence electrons. The summed E-state index contributed by atoms with van der Waals surface area (Å²) in [5.74, 6) is 0. The fraction of sp³-hybridized carbons (Fsp3) is 0.818. The van der Waals surface area contributed by atoms with Crippen LogP contribution in [0.25, 0.3) is 0 Å². The Morgan fingerprint density at radius 3 is 2.62 bits per heavy atom. The lowest BCUT2D eigenvalue weighted by molar-refractivity contribution is 0.208. The standard InChI is InChI=1S/C11H22O2/c1-2-3-5-8-11(13)9-6-4-7-10-12/h6,9,11-13H,2-5,7-8,10H2,1H3. The molecule has 0 amide bonds. The summed E-state index contributed by atoms with van der Waals surface area (Å²) in [5, 5.41) is 17.9. The zero-order valence-corrected chi connectivity index (χ0v) is 8.58. The second-order valence-corrected chi connectivity index (χ2v) is 3.36. The van der Waals surface area contributed by atoms with Crippen molar-refractivity contribution in [2.75, 3.05) is 6.61 Å². The number of hydrogen-bond donors (Lipinski definition) is 2. The van der Waals surface area contributed by atoms with Gasteiger partial charge in [-0.05, 0) is 19.3 Å². The summed E-state index contributed by atoms with van der Waals surface area (Å²) >= 11 is 0. The Kier molecular flexibility index (Phi) is 9.49. The maximum atomic E-state index is 9.43. The second-order valence-electron chi connectivity index (χ2n) is 3.36. The predicted octanol–water partition coefficient (Wildman–Crippen LogP) is 2.26. The second kappa shape index (κ2) is 9.75. The Bertz CT molecular complexity index is 121. The molecule has 0 aromatic rings. The fourth-order valence-electron chi connectivity index (χ4n) is 1.16. The van der Waals surface area contributed by atoms with E-state index in [4.69, 9.17) is 5.11 Å². The molecule has 0 bridgehead atoms. The van der Waals surface area contributed by atoms with E-state index in [1.54, 1.807) is 0 Å². The summed E-state index contributed by atoms with van der Waals surface area (Å²) in [4.78, 5) is 0. The summed E-state index contributed by atoms with van der Waals surface area (Å²) in [6, 6.07) is 0. The molecule has 0 aliphatic heterocycles. The minimum atomic E-state index is -0.287. The molecule has 0 fully saturated rings. The first-order valence-corrected chi connectivity index (χ1v) is 5.26. The quantitative estimate of drug-likeness (QED) is 0.451. The largest absolute Gasteiger partial charge is 0.396 e. The van der Waals surface area contributed by atoms with E-state index in [1.165, 1.54) is 12.8 Å². The smallest absolute Gasteiger partial charge is 0.0720 e. The van der Waals surface area contributed by atoms with Gasteiger partial charge in [0.25, 0.3) is 0 Å². The Hall–Kier alpha value is -0.340. The van der Waals surface area contributed by atoms with Gasteiger partial charge in [0, 0.05) is 6.61 Å². The fourth-order valence-corrected chi connectivity index (χ4v) is 1.16. The van der Waals surface area contributed by atoms with E-state index in [-0.39, 0.29) is 12.7 Å². The minimum Gasteiger partial charge on any atom is -0.396 e. The first-order chi connectivity index (χ1) is 6.31. The molecule has 2 nitrogen and oxygen atoms in total. The van der Waals surface area contributed by atoms with E-state index >= 15 is 0 Å². The average Bonchev–Trinajstić information content (AvgIpc) is 2.13. The van der Waals surface area contributed by atoms with Crippen LogP contribution in [-0.4, -0.2) is 22.9 Å². The van der Waals surface area contributed by atoms with Crippen molar-refractivity contribution in [2.24, 2.45) is 0 Å². The Labute approximate surface area is 81.3 Å². The molecule has 13 heavy (non-hydrogen) atoms. The molecule has 0 saturated carbocycles. The molecule has 0 spiro atoms. The van der Waals surface area contributed by atoms with Crippen molar-refractivity contribution in [2.45, 2.75) is 51.6 Å². The molecule has 0 aliphatic rings. The van der Waals surface area contributed by atoms with Crippen LogP contribution in [0.5, 0.6) is 0 Å². The highest BCUT2D eigenvalue weighted by Crippen LogP contribution is 2.04. The van der Waals surface area contributed by atoms with Gasteiger partial charge in [-0.25, -0.2) is 0 Å². The molecular formula is C11H22O2. The number of aliphatic hydroxyl groups is 2. The van der Waals surface area contributed by atoms with Gasteiger partial charge < -0.3 is 10.2 Å². The lowest BCUT2D eigenvalue weighted by Gasteiger charge is -2.03. The number of aliphatic hydroxyl groups excluding tert-OH is 2. The third-order valence-electron chi connectivity index (χ3n) is 1.99. The van der Waals surface area contributed by atoms with E-state index < -0.39 is 0 Å². The van der Waals surface area contributed by atoms with Crippen molar-refractivity contribution in [3.8, 4) is 0 Å². The molecule has 1 atom stereocenters. The van der Waals surface area contributed by atoms with Crippen molar-refractivity contribution < 1.29 is 10.2 Å². The van der Waals surface area contributed by atoms with Crippen molar-refractivity contribution in [3.05, 3.63) is 12.2 Å². The number of unbranched alkanes of at least 4 members (excludes halogenated alkanes) is 3. The summed E-state index contributed by atoms with van der Waals surface area (Å²) in [6.07, 6.45) is 9.51. The van der Waals surface area contributed by atoms with Crippen LogP contribution in [0, 0.1) is 0 Å². The van der Waals surface area contributed by atoms with Crippen molar-refractivity contribution in [1.82, 2.24) is 0 Å². The summed E-state index contributed by atoms with van der Waals surface area (Å²) < 4.78 is 0. The Morgan fingerprint density at radius 2 is 2.00 bits per heavy atom. The lowest BCUT2D eigenvalue weighted by atomic mass is 10.1. The van der Waals surface area contributed by atoms with Gasteiger partial charge in [-0.1, -0.05) is 38.3 Å². The van der Waals surface area contributed by atoms with Gasteiger partial charge in [0.2, 0.25) is 0 Å². The monoisotopic (exact) mass is 186 g/mol. The van der Waals surface area contributed by atoms with Crippen molar-refractivity contribution >= 4 is 0 Å². The maximum Gasteiger partial charge on any atom is 0.0720 e. The van der Waals surface area contributed by atoms with Crippen LogP contribution >= 0.6 is 0 Å². The van der Waals surface area contributed by atoms with Gasteiger partial charge in [0.1, 0.15) is 0 Å². The van der Waals surface area contributed by atoms with E-state index in [2.05, 4.69) is 6.92 Å². The van der Waals surface area contributed by atoms with Crippen LogP contribution < -0.4 is 0 Å². The van der Waals surface area contributed by atoms with Gasteiger partial charge in [-0.2, -0.15) is 0 Å². The topological polar surface area (TPSA) is 40.5 Å². The molecule has 0 aromatic carbocycles. The van der Waals surface area contributed by atoms with Crippen molar-refractivity contribution in [1.29, 1.82) is 0 Å². The molecule has 2 heteroatoms. The van der Waals surface area contributed by atoms with Gasteiger partial charge in [0.15, 0.2) is 0 Å². The molecule has 0 saturated heterocycles. The van der Waals surface area contributed by atoms with Gasteiger partial charge in [0.05, 0.1) is 6.10 Å². The maximum absolute atomic E-state index is 9.43. The highest BCUT2D eigenvalue weighted by atomic mass is 16.3. The molecule has 0 aliphatic carbocycles. The van der Waals surface area contributed by atoms with Crippen LogP contribution in [0.4, 0.5) is 0 Å². The molecular weight excluding hydrogens is 164 g/mol. The normalized spacial score (nSPS) is 13.8. The third kappa shape index (κ3) is 9.57. The van der Waals surface area contributed by atoms with E-state index in [0.717, 1.165) is 25.7 Å². The van der Waals surface area contributed by atoms with Gasteiger partial charge in [-0.3, -0.25) is 0 Å². The summed E-state index contributed by atoms with van der Waals surface area (Å²) in [5.41, 5.74) is 0. The van der Waals surface area contributed by atoms with Gasteiger partial charge in [-0.15, -0.1) is 0 Å². The first-order valence-electron chi connectivity index (χ1n) is 5.26. The molecule has 0 heterocycles. The van der Waals surface area contributed by atoms with Crippen molar-refractivity contribution in [3.63, 3.8) is 0 Å². The van der Waals surface area contributed by atoms with Crippen LogP contribution in [-0.2, 0) is 0 Å². The zero-order chi connectivity index (χ0) is 9.94. The SMILES string of the molecule is CCCCCC(O)C=CCCCO. The molecule has 2 N–H and O–H groups in total. The first kappa shape index (κ1) is 12.7. The third-order valence-corrected chi connectivity index (χ3v) is 1.99. The van der Waals surface area contributed by atoms with E-state index in [0.29, 0.717) is 0 Å². The van der Waals surface area contributed by atoms with E-state index in [1.807, 2.05) is 12.2 Å². The lowest BCUT2D eigenvalue weighted by Crippen LogP contribution is -2.01.